The number of rotatable bonds is 13. The first-order chi connectivity index (χ1) is 21.3. The molecule has 1 unspecified atom stereocenters. The second kappa shape index (κ2) is 13.3. The fourth-order valence-electron chi connectivity index (χ4n) is 8.00. The van der Waals surface area contributed by atoms with Crippen LogP contribution in [0.15, 0.2) is 53.4 Å². The predicted molar refractivity (Wildman–Crippen MR) is 165 cm³/mol. The van der Waals surface area contributed by atoms with E-state index in [4.69, 9.17) is 19.9 Å². The van der Waals surface area contributed by atoms with Crippen molar-refractivity contribution in [2.45, 2.75) is 92.0 Å². The summed E-state index contributed by atoms with van der Waals surface area (Å²) in [4.78, 5) is 14.7. The van der Waals surface area contributed by atoms with Gasteiger partial charge in [-0.25, -0.2) is 17.6 Å². The van der Waals surface area contributed by atoms with Crippen molar-refractivity contribution >= 4 is 15.9 Å². The van der Waals surface area contributed by atoms with Crippen molar-refractivity contribution in [3.8, 4) is 5.75 Å². The zero-order chi connectivity index (χ0) is 30.7. The van der Waals surface area contributed by atoms with E-state index in [1.165, 1.54) is 6.07 Å². The number of primary amides is 1. The van der Waals surface area contributed by atoms with Gasteiger partial charge in [0.1, 0.15) is 24.3 Å². The highest BCUT2D eigenvalue weighted by molar-refractivity contribution is 7.92. The lowest BCUT2D eigenvalue weighted by molar-refractivity contribution is -0.0364. The van der Waals surface area contributed by atoms with Gasteiger partial charge in [0.25, 0.3) is 0 Å². The van der Waals surface area contributed by atoms with Crippen LogP contribution in [0.25, 0.3) is 0 Å². The third-order valence-electron chi connectivity index (χ3n) is 10.4. The Labute approximate surface area is 260 Å². The van der Waals surface area contributed by atoms with Gasteiger partial charge < -0.3 is 24.8 Å². The van der Waals surface area contributed by atoms with Crippen LogP contribution in [0.3, 0.4) is 0 Å². The van der Waals surface area contributed by atoms with E-state index >= 15 is 0 Å². The maximum absolute atomic E-state index is 14.8. The Hall–Kier alpha value is -2.69. The molecule has 6 rings (SSSR count). The molecule has 4 aliphatic rings. The van der Waals surface area contributed by atoms with Gasteiger partial charge in [-0.1, -0.05) is 12.1 Å². The molecule has 2 aromatic carbocycles. The minimum Gasteiger partial charge on any atom is -0.491 e. The van der Waals surface area contributed by atoms with Crippen LogP contribution in [-0.2, 0) is 24.7 Å². The summed E-state index contributed by atoms with van der Waals surface area (Å²) in [5, 5.41) is -0.226. The first-order valence-electron chi connectivity index (χ1n) is 16.3. The smallest absolute Gasteiger partial charge is 0.404 e. The van der Waals surface area contributed by atoms with Gasteiger partial charge in [0.05, 0.1) is 22.9 Å². The number of hydrogen-bond acceptors (Lipinski definition) is 7. The lowest BCUT2D eigenvalue weighted by Crippen LogP contribution is -2.57. The molecule has 8 nitrogen and oxygen atoms in total. The van der Waals surface area contributed by atoms with Gasteiger partial charge in [0.2, 0.25) is 0 Å². The number of nitrogens with two attached hydrogens (primary N) is 1. The molecule has 3 saturated carbocycles. The van der Waals surface area contributed by atoms with Crippen LogP contribution in [0.4, 0.5) is 9.18 Å². The summed E-state index contributed by atoms with van der Waals surface area (Å²) in [6.07, 6.45) is 8.07. The van der Waals surface area contributed by atoms with E-state index in [0.29, 0.717) is 23.9 Å². The zero-order valence-electron chi connectivity index (χ0n) is 25.4. The Bertz CT molecular complexity index is 1390. The molecule has 3 atom stereocenters. The quantitative estimate of drug-likeness (QED) is 0.287. The second-order valence-electron chi connectivity index (χ2n) is 13.1. The molecule has 0 bridgehead atoms. The number of hydrogen-bond donors (Lipinski definition) is 1. The Kier molecular flexibility index (Phi) is 9.50. The monoisotopic (exact) mass is 628 g/mol. The van der Waals surface area contributed by atoms with Crippen molar-refractivity contribution in [2.75, 3.05) is 32.8 Å². The molecule has 240 valence electrons. The Morgan fingerprint density at radius 2 is 1.68 bits per heavy atom. The van der Waals surface area contributed by atoms with Crippen molar-refractivity contribution in [3.05, 3.63) is 59.9 Å². The number of halogens is 1. The van der Waals surface area contributed by atoms with Crippen LogP contribution in [0.2, 0.25) is 0 Å². The predicted octanol–water partition coefficient (Wildman–Crippen LogP) is 5.62. The van der Waals surface area contributed by atoms with Crippen LogP contribution in [-0.4, -0.2) is 69.7 Å². The SMILES string of the molecule is NC(=O)O[C@H]1CCC[C@@H]1C(CN1CCC1)(c1cccc(F)c1)C1CCC(OCCOc2ccc(S(=O)(=O)C3CC3)cc2)CC1. The number of benzene rings is 2. The van der Waals surface area contributed by atoms with Crippen molar-refractivity contribution < 1.29 is 31.8 Å². The zero-order valence-corrected chi connectivity index (χ0v) is 26.2. The molecule has 1 heterocycles. The number of nitrogens with zero attached hydrogens (tertiary/aromatic N) is 1. The average molecular weight is 629 g/mol. The number of likely N-dealkylation sites (tertiary alicyclic amines) is 1. The van der Waals surface area contributed by atoms with Crippen LogP contribution in [0.5, 0.6) is 5.75 Å². The normalized spacial score (nSPS) is 27.3. The number of sulfone groups is 1. The fraction of sp³-hybridized carbons (Fsp3) is 0.618. The molecule has 0 spiro atoms. The molecule has 2 N–H and O–H groups in total. The first kappa shape index (κ1) is 31.3. The van der Waals surface area contributed by atoms with Crippen molar-refractivity contribution in [1.82, 2.24) is 4.90 Å². The van der Waals surface area contributed by atoms with E-state index < -0.39 is 15.9 Å². The van der Waals surface area contributed by atoms with E-state index in [0.717, 1.165) is 89.4 Å². The maximum Gasteiger partial charge on any atom is 0.404 e. The molecule has 2 aromatic rings. The Morgan fingerprint density at radius 1 is 0.932 bits per heavy atom. The van der Waals surface area contributed by atoms with Crippen LogP contribution < -0.4 is 10.5 Å². The lowest BCUT2D eigenvalue weighted by atomic mass is 9.57. The Morgan fingerprint density at radius 3 is 2.32 bits per heavy atom. The van der Waals surface area contributed by atoms with Gasteiger partial charge in [0, 0.05) is 17.9 Å². The molecular formula is C34H45FN2O6S. The van der Waals surface area contributed by atoms with E-state index in [9.17, 15) is 17.6 Å². The summed E-state index contributed by atoms with van der Waals surface area (Å²) in [5.41, 5.74) is 6.17. The molecule has 1 saturated heterocycles. The highest BCUT2D eigenvalue weighted by atomic mass is 32.2. The summed E-state index contributed by atoms with van der Waals surface area (Å²) in [7, 11) is -3.21. The Balaban J connectivity index is 1.10. The van der Waals surface area contributed by atoms with E-state index in [2.05, 4.69) is 11.0 Å². The molecule has 10 heteroatoms. The molecule has 0 aromatic heterocycles. The summed E-state index contributed by atoms with van der Waals surface area (Å²) in [6, 6.07) is 13.7. The van der Waals surface area contributed by atoms with E-state index in [1.54, 1.807) is 30.3 Å². The third-order valence-corrected chi connectivity index (χ3v) is 12.7. The average Bonchev–Trinajstić information content (AvgIpc) is 3.76. The molecule has 0 radical (unpaired) electrons. The first-order valence-corrected chi connectivity index (χ1v) is 17.8. The van der Waals surface area contributed by atoms with Gasteiger partial charge in [0.15, 0.2) is 9.84 Å². The summed E-state index contributed by atoms with van der Waals surface area (Å²) in [5.74, 6) is 0.742. The number of ether oxygens (including phenoxy) is 3. The van der Waals surface area contributed by atoms with Gasteiger partial charge in [-0.15, -0.1) is 0 Å². The summed E-state index contributed by atoms with van der Waals surface area (Å²) >= 11 is 0. The lowest BCUT2D eigenvalue weighted by Gasteiger charge is -2.53. The van der Waals surface area contributed by atoms with E-state index in [-0.39, 0.29) is 40.5 Å². The number of carbonyl (C=O) groups excluding carboxylic acids is 1. The van der Waals surface area contributed by atoms with Gasteiger partial charge in [-0.3, -0.25) is 0 Å². The fourth-order valence-corrected chi connectivity index (χ4v) is 9.66. The topological polar surface area (TPSA) is 108 Å². The minimum absolute atomic E-state index is 0.0684. The molecular weight excluding hydrogens is 583 g/mol. The molecule has 1 amide bonds. The van der Waals surface area contributed by atoms with Crippen LogP contribution in [0, 0.1) is 17.7 Å². The molecule has 44 heavy (non-hydrogen) atoms. The molecule has 4 fully saturated rings. The van der Waals surface area contributed by atoms with Gasteiger partial charge in [-0.2, -0.15) is 0 Å². The van der Waals surface area contributed by atoms with Gasteiger partial charge in [-0.05, 0) is 125 Å². The number of amides is 1. The van der Waals surface area contributed by atoms with Gasteiger partial charge >= 0.3 is 6.09 Å². The number of carbonyl (C=O) groups is 1. The molecule has 1 aliphatic heterocycles. The van der Waals surface area contributed by atoms with Crippen molar-refractivity contribution in [3.63, 3.8) is 0 Å². The minimum atomic E-state index is -3.21. The van der Waals surface area contributed by atoms with Crippen molar-refractivity contribution in [1.29, 1.82) is 0 Å². The van der Waals surface area contributed by atoms with Crippen LogP contribution in [0.1, 0.15) is 69.8 Å². The standard InChI is InChI=1S/C34H45FN2O6S/c35-26-5-1-4-25(22-26)34(23-37-18-3-19-37,31-6-2-7-32(31)43-33(36)38)24-8-10-27(11-9-24)41-20-21-42-28-12-14-29(15-13-28)44(39,40)30-16-17-30/h1,4-5,12-15,22,24,27,30-32H,2-3,6-11,16-21,23H2,(H2,36,38)/t24?,27?,31-,32-,34?/m0/s1. The summed E-state index contributed by atoms with van der Waals surface area (Å²) in [6.45, 7) is 3.71. The third kappa shape index (κ3) is 6.77. The van der Waals surface area contributed by atoms with Crippen molar-refractivity contribution in [2.24, 2.45) is 17.6 Å². The highest BCUT2D eigenvalue weighted by Crippen LogP contribution is 2.53. The molecule has 3 aliphatic carbocycles. The van der Waals surface area contributed by atoms with Crippen LogP contribution >= 0.6 is 0 Å². The summed E-state index contributed by atoms with van der Waals surface area (Å²) < 4.78 is 57.4. The highest BCUT2D eigenvalue weighted by Gasteiger charge is 2.53. The maximum atomic E-state index is 14.8. The largest absolute Gasteiger partial charge is 0.491 e. The van der Waals surface area contributed by atoms with E-state index in [1.807, 2.05) is 6.07 Å². The second-order valence-corrected chi connectivity index (χ2v) is 15.3.